The van der Waals surface area contributed by atoms with Gasteiger partial charge in [-0.1, -0.05) is 0 Å². The number of rotatable bonds is 3. The van der Waals surface area contributed by atoms with Crippen LogP contribution in [-0.4, -0.2) is 18.1 Å². The highest BCUT2D eigenvalue weighted by Crippen LogP contribution is 2.34. The van der Waals surface area contributed by atoms with Gasteiger partial charge in [-0.25, -0.2) is 4.39 Å². The van der Waals surface area contributed by atoms with Gasteiger partial charge >= 0.3 is 0 Å². The Hall–Kier alpha value is -2.67. The molecule has 1 heterocycles. The van der Waals surface area contributed by atoms with Crippen molar-refractivity contribution in [2.45, 2.75) is 19.3 Å². The predicted octanol–water partition coefficient (Wildman–Crippen LogP) is 3.92. The number of halogens is 1. The zero-order chi connectivity index (χ0) is 17.8. The lowest BCUT2D eigenvalue weighted by Crippen LogP contribution is -2.19. The summed E-state index contributed by atoms with van der Waals surface area (Å²) >= 11 is 5.32. The Bertz CT molecular complexity index is 809. The van der Waals surface area contributed by atoms with E-state index in [2.05, 4.69) is 16.0 Å². The summed E-state index contributed by atoms with van der Waals surface area (Å²) in [5.41, 5.74) is 3.18. The number of hydrogen-bond acceptors (Lipinski definition) is 3. The molecule has 2 aromatic rings. The maximum absolute atomic E-state index is 13.0. The van der Waals surface area contributed by atoms with Crippen LogP contribution < -0.4 is 20.7 Å². The van der Waals surface area contributed by atoms with Crippen molar-refractivity contribution in [3.05, 3.63) is 47.8 Å². The molecule has 0 radical (unpaired) electrons. The molecule has 0 aromatic heterocycles. The van der Waals surface area contributed by atoms with E-state index in [1.54, 1.807) is 25.3 Å². The van der Waals surface area contributed by atoms with Gasteiger partial charge in [0.05, 0.1) is 12.8 Å². The highest BCUT2D eigenvalue weighted by atomic mass is 32.1. The number of anilines is 3. The molecule has 0 unspecified atom stereocenters. The number of carbonyl (C=O) groups excluding carboxylic acids is 1. The number of hydrogen-bond donors (Lipinski definition) is 3. The first-order chi connectivity index (χ1) is 12.0. The van der Waals surface area contributed by atoms with Gasteiger partial charge in [0.1, 0.15) is 11.6 Å². The minimum absolute atomic E-state index is 0.00927. The van der Waals surface area contributed by atoms with E-state index in [9.17, 15) is 9.18 Å². The third-order valence-corrected chi connectivity index (χ3v) is 4.10. The monoisotopic (exact) mass is 359 g/mol. The standard InChI is InChI=1S/C18H18FN3O2S/c1-24-16-10-14-11(3-2-4-17(23)21-14)9-15(16)22-18(25)20-13-7-5-12(19)6-8-13/h5-10H,2-4H2,1H3,(H,21,23)(H2,20,22,25). The number of ether oxygens (including phenoxy) is 1. The Labute approximate surface area is 150 Å². The molecule has 0 aliphatic carbocycles. The van der Waals surface area contributed by atoms with Crippen LogP contribution in [-0.2, 0) is 11.2 Å². The van der Waals surface area contributed by atoms with Gasteiger partial charge in [-0.2, -0.15) is 0 Å². The summed E-state index contributed by atoms with van der Waals surface area (Å²) in [6.07, 6.45) is 2.10. The number of amides is 1. The van der Waals surface area contributed by atoms with Crippen LogP contribution in [0.1, 0.15) is 18.4 Å². The Kier molecular flexibility index (Phi) is 5.14. The summed E-state index contributed by atoms with van der Waals surface area (Å²) in [6, 6.07) is 9.65. The van der Waals surface area contributed by atoms with Crippen LogP contribution in [0.25, 0.3) is 0 Å². The Morgan fingerprint density at radius 1 is 1.20 bits per heavy atom. The van der Waals surface area contributed by atoms with Crippen molar-refractivity contribution in [2.75, 3.05) is 23.1 Å². The molecule has 1 aliphatic heterocycles. The molecule has 130 valence electrons. The lowest BCUT2D eigenvalue weighted by atomic mass is 10.1. The first-order valence-corrected chi connectivity index (χ1v) is 8.30. The smallest absolute Gasteiger partial charge is 0.224 e. The van der Waals surface area contributed by atoms with Crippen LogP contribution in [0.2, 0.25) is 0 Å². The van der Waals surface area contributed by atoms with Gasteiger partial charge in [0.25, 0.3) is 0 Å². The minimum atomic E-state index is -0.307. The minimum Gasteiger partial charge on any atom is -0.494 e. The zero-order valence-corrected chi connectivity index (χ0v) is 14.5. The first-order valence-electron chi connectivity index (χ1n) is 7.89. The molecule has 0 fully saturated rings. The summed E-state index contributed by atoms with van der Waals surface area (Å²) < 4.78 is 18.4. The van der Waals surface area contributed by atoms with Crippen molar-refractivity contribution in [3.8, 4) is 5.75 Å². The fraction of sp³-hybridized carbons (Fsp3) is 0.222. The SMILES string of the molecule is COc1cc2c(cc1NC(=S)Nc1ccc(F)cc1)CCCC(=O)N2. The van der Waals surface area contributed by atoms with Crippen molar-refractivity contribution in [1.29, 1.82) is 0 Å². The second kappa shape index (κ2) is 7.48. The van der Waals surface area contributed by atoms with E-state index in [-0.39, 0.29) is 11.7 Å². The summed E-state index contributed by atoms with van der Waals surface area (Å²) in [4.78, 5) is 11.7. The van der Waals surface area contributed by atoms with E-state index in [4.69, 9.17) is 17.0 Å². The zero-order valence-electron chi connectivity index (χ0n) is 13.7. The van der Waals surface area contributed by atoms with Crippen LogP contribution >= 0.6 is 12.2 Å². The van der Waals surface area contributed by atoms with Crippen molar-refractivity contribution >= 4 is 40.3 Å². The Morgan fingerprint density at radius 3 is 2.68 bits per heavy atom. The number of carbonyl (C=O) groups is 1. The van der Waals surface area contributed by atoms with Crippen LogP contribution in [0.3, 0.4) is 0 Å². The Balaban J connectivity index is 1.79. The second-order valence-corrected chi connectivity index (χ2v) is 6.11. The van der Waals surface area contributed by atoms with Crippen LogP contribution in [0, 0.1) is 5.82 Å². The third kappa shape index (κ3) is 4.24. The van der Waals surface area contributed by atoms with E-state index < -0.39 is 0 Å². The highest BCUT2D eigenvalue weighted by molar-refractivity contribution is 7.80. The molecule has 0 bridgehead atoms. The van der Waals surface area contributed by atoms with E-state index in [1.165, 1.54) is 12.1 Å². The fourth-order valence-corrected chi connectivity index (χ4v) is 2.91. The molecule has 1 amide bonds. The molecule has 3 N–H and O–H groups in total. The number of methoxy groups -OCH3 is 1. The molecule has 1 aliphatic rings. The normalized spacial score (nSPS) is 13.3. The summed E-state index contributed by atoms with van der Waals surface area (Å²) in [5.74, 6) is 0.276. The average molecular weight is 359 g/mol. The number of aryl methyl sites for hydroxylation is 1. The van der Waals surface area contributed by atoms with Crippen LogP contribution in [0.5, 0.6) is 5.75 Å². The maximum Gasteiger partial charge on any atom is 0.224 e. The highest BCUT2D eigenvalue weighted by Gasteiger charge is 2.17. The van der Waals surface area contributed by atoms with Crippen molar-refractivity contribution in [2.24, 2.45) is 0 Å². The van der Waals surface area contributed by atoms with Crippen LogP contribution in [0.4, 0.5) is 21.5 Å². The van der Waals surface area contributed by atoms with Crippen LogP contribution in [0.15, 0.2) is 36.4 Å². The molecule has 25 heavy (non-hydrogen) atoms. The van der Waals surface area contributed by atoms with Gasteiger partial charge in [-0.15, -0.1) is 0 Å². The summed E-state index contributed by atoms with van der Waals surface area (Å²) in [6.45, 7) is 0. The van der Waals surface area contributed by atoms with Crippen molar-refractivity contribution in [3.63, 3.8) is 0 Å². The number of nitrogens with one attached hydrogen (secondary N) is 3. The average Bonchev–Trinajstić information content (AvgIpc) is 2.76. The fourth-order valence-electron chi connectivity index (χ4n) is 2.68. The lowest BCUT2D eigenvalue weighted by molar-refractivity contribution is -0.116. The summed E-state index contributed by atoms with van der Waals surface area (Å²) in [5, 5.41) is 9.35. The molecule has 0 saturated carbocycles. The first kappa shape index (κ1) is 17.2. The van der Waals surface area contributed by atoms with Gasteiger partial charge in [0, 0.05) is 23.9 Å². The molecule has 5 nitrogen and oxygen atoms in total. The summed E-state index contributed by atoms with van der Waals surface area (Å²) in [7, 11) is 1.56. The molecular weight excluding hydrogens is 341 g/mol. The van der Waals surface area contributed by atoms with Gasteiger partial charge in [0.15, 0.2) is 5.11 Å². The third-order valence-electron chi connectivity index (χ3n) is 3.90. The second-order valence-electron chi connectivity index (χ2n) is 5.70. The number of fused-ring (bicyclic) bond motifs is 1. The van der Waals surface area contributed by atoms with E-state index in [0.29, 0.717) is 28.7 Å². The predicted molar refractivity (Wildman–Crippen MR) is 101 cm³/mol. The van der Waals surface area contributed by atoms with Gasteiger partial charge in [0.2, 0.25) is 5.91 Å². The Morgan fingerprint density at radius 2 is 1.96 bits per heavy atom. The number of benzene rings is 2. The van der Waals surface area contributed by atoms with E-state index >= 15 is 0 Å². The van der Waals surface area contributed by atoms with Crippen molar-refractivity contribution in [1.82, 2.24) is 0 Å². The van der Waals surface area contributed by atoms with Crippen molar-refractivity contribution < 1.29 is 13.9 Å². The molecule has 0 atom stereocenters. The largest absolute Gasteiger partial charge is 0.494 e. The molecule has 0 spiro atoms. The van der Waals surface area contributed by atoms with Gasteiger partial charge in [-0.05, 0) is 61.0 Å². The lowest BCUT2D eigenvalue weighted by Gasteiger charge is -2.17. The molecule has 2 aromatic carbocycles. The van der Waals surface area contributed by atoms with Gasteiger partial charge < -0.3 is 20.7 Å². The quantitative estimate of drug-likeness (QED) is 0.725. The molecule has 7 heteroatoms. The van der Waals surface area contributed by atoms with E-state index in [0.717, 1.165) is 24.1 Å². The number of thiocarbonyl (C=S) groups is 1. The maximum atomic E-state index is 13.0. The topological polar surface area (TPSA) is 62.4 Å². The molecular formula is C18H18FN3O2S. The molecule has 3 rings (SSSR count). The van der Waals surface area contributed by atoms with Gasteiger partial charge in [-0.3, -0.25) is 4.79 Å². The molecule has 0 saturated heterocycles. The van der Waals surface area contributed by atoms with E-state index in [1.807, 2.05) is 6.07 Å².